The van der Waals surface area contributed by atoms with Crippen LogP contribution >= 0.6 is 0 Å². The number of aliphatic hydroxyl groups excluding tert-OH is 1. The van der Waals surface area contributed by atoms with Gasteiger partial charge in [-0.1, -0.05) is 55.5 Å². The second-order valence-electron chi connectivity index (χ2n) is 9.93. The van der Waals surface area contributed by atoms with E-state index in [1.807, 2.05) is 0 Å². The molecule has 5 rings (SSSR count). The molecule has 0 aromatic heterocycles. The minimum absolute atomic E-state index is 0.159. The maximum Gasteiger partial charge on any atom is 0.0717 e. The quantitative estimate of drug-likeness (QED) is 0.692. The van der Waals surface area contributed by atoms with Gasteiger partial charge < -0.3 is 9.84 Å². The molecule has 2 fully saturated rings. The molecule has 0 spiro atoms. The number of ether oxygens (including phenoxy) is 1. The van der Waals surface area contributed by atoms with Crippen molar-refractivity contribution in [3.63, 3.8) is 0 Å². The summed E-state index contributed by atoms with van der Waals surface area (Å²) in [5, 5.41) is 9.49. The van der Waals surface area contributed by atoms with Crippen molar-refractivity contribution in [3.05, 3.63) is 70.8 Å². The first-order valence-electron chi connectivity index (χ1n) is 11.5. The van der Waals surface area contributed by atoms with Crippen LogP contribution in [0, 0.1) is 23.2 Å². The van der Waals surface area contributed by atoms with E-state index in [2.05, 4.69) is 55.5 Å². The first-order valence-corrected chi connectivity index (χ1v) is 11.5. The van der Waals surface area contributed by atoms with E-state index < -0.39 is 0 Å². The summed E-state index contributed by atoms with van der Waals surface area (Å²) in [7, 11) is 0. The zero-order chi connectivity index (χ0) is 19.8. The van der Waals surface area contributed by atoms with E-state index in [0.29, 0.717) is 11.3 Å². The summed E-state index contributed by atoms with van der Waals surface area (Å²) in [5.41, 5.74) is 5.88. The lowest BCUT2D eigenvalue weighted by atomic mass is 9.54. The lowest BCUT2D eigenvalue weighted by molar-refractivity contribution is -0.0136. The number of aliphatic hydroxyl groups is 1. The first kappa shape index (κ1) is 19.3. The van der Waals surface area contributed by atoms with Crippen LogP contribution in [0.5, 0.6) is 0 Å². The zero-order valence-electron chi connectivity index (χ0n) is 17.6. The largest absolute Gasteiger partial charge is 0.392 e. The molecule has 154 valence electrons. The van der Waals surface area contributed by atoms with Crippen LogP contribution in [-0.4, -0.2) is 11.7 Å². The molecule has 2 aromatic rings. The highest BCUT2D eigenvalue weighted by Gasteiger charge is 2.54. The third-order valence-electron chi connectivity index (χ3n) is 8.60. The van der Waals surface area contributed by atoms with Gasteiger partial charge in [0.2, 0.25) is 0 Å². The average Bonchev–Trinajstić information content (AvgIpc) is 3.10. The molecule has 0 aliphatic heterocycles. The summed E-state index contributed by atoms with van der Waals surface area (Å²) in [4.78, 5) is 0. The Labute approximate surface area is 175 Å². The number of fused-ring (bicyclic) bond motifs is 5. The van der Waals surface area contributed by atoms with E-state index >= 15 is 0 Å². The summed E-state index contributed by atoms with van der Waals surface area (Å²) < 4.78 is 6.21. The van der Waals surface area contributed by atoms with E-state index in [9.17, 15) is 5.11 Å². The highest BCUT2D eigenvalue weighted by molar-refractivity contribution is 5.38. The Morgan fingerprint density at radius 3 is 2.69 bits per heavy atom. The number of hydrogen-bond acceptors (Lipinski definition) is 2. The molecule has 2 saturated carbocycles. The standard InChI is InChI=1S/C27H34O2/c1-27-14-13-24-23-10-7-20(16-28)15-21(23)8-11-25(24)26(27)12-9-22(27)18-29-17-19-5-3-2-4-6-19/h2-7,10,15,22,24-26,28H,8-9,11-14,16-18H2,1H3. The minimum atomic E-state index is 0.159. The minimum Gasteiger partial charge on any atom is -0.392 e. The van der Waals surface area contributed by atoms with E-state index in [-0.39, 0.29) is 6.61 Å². The maximum atomic E-state index is 9.49. The van der Waals surface area contributed by atoms with Gasteiger partial charge in [0.15, 0.2) is 0 Å². The molecule has 0 amide bonds. The maximum absolute atomic E-state index is 9.49. The molecule has 29 heavy (non-hydrogen) atoms. The van der Waals surface area contributed by atoms with Crippen molar-refractivity contribution in [2.24, 2.45) is 23.2 Å². The van der Waals surface area contributed by atoms with Gasteiger partial charge in [-0.15, -0.1) is 0 Å². The molecule has 2 nitrogen and oxygen atoms in total. The molecule has 3 aliphatic carbocycles. The summed E-state index contributed by atoms with van der Waals surface area (Å²) in [5.74, 6) is 3.11. The smallest absolute Gasteiger partial charge is 0.0717 e. The second-order valence-corrected chi connectivity index (χ2v) is 9.93. The number of hydrogen-bond donors (Lipinski definition) is 1. The predicted octanol–water partition coefficient (Wildman–Crippen LogP) is 5.87. The second kappa shape index (κ2) is 7.89. The van der Waals surface area contributed by atoms with Crippen LogP contribution in [0.25, 0.3) is 0 Å². The molecule has 1 N–H and O–H groups in total. The third-order valence-corrected chi connectivity index (χ3v) is 8.60. The van der Waals surface area contributed by atoms with Crippen LogP contribution in [-0.2, 0) is 24.4 Å². The van der Waals surface area contributed by atoms with Crippen molar-refractivity contribution in [2.75, 3.05) is 6.61 Å². The molecule has 0 bridgehead atoms. The van der Waals surface area contributed by atoms with Crippen LogP contribution in [0.1, 0.15) is 67.2 Å². The van der Waals surface area contributed by atoms with Crippen LogP contribution in [0.4, 0.5) is 0 Å². The topological polar surface area (TPSA) is 29.5 Å². The first-order chi connectivity index (χ1) is 14.2. The van der Waals surface area contributed by atoms with Gasteiger partial charge in [-0.05, 0) is 89.9 Å². The van der Waals surface area contributed by atoms with E-state index in [4.69, 9.17) is 4.74 Å². The summed E-state index contributed by atoms with van der Waals surface area (Å²) in [6.45, 7) is 4.38. The molecule has 5 unspecified atom stereocenters. The van der Waals surface area contributed by atoms with Gasteiger partial charge in [0, 0.05) is 0 Å². The number of aryl methyl sites for hydroxylation is 1. The summed E-state index contributed by atoms with van der Waals surface area (Å²) >= 11 is 0. The van der Waals surface area contributed by atoms with Gasteiger partial charge in [-0.2, -0.15) is 0 Å². The fraction of sp³-hybridized carbons (Fsp3) is 0.556. The van der Waals surface area contributed by atoms with Gasteiger partial charge in [0.05, 0.1) is 19.8 Å². The summed E-state index contributed by atoms with van der Waals surface area (Å²) in [6.07, 6.45) is 7.87. The molecule has 0 radical (unpaired) electrons. The summed E-state index contributed by atoms with van der Waals surface area (Å²) in [6, 6.07) is 17.3. The predicted molar refractivity (Wildman–Crippen MR) is 117 cm³/mol. The lowest BCUT2D eigenvalue weighted by Gasteiger charge is -2.51. The Hall–Kier alpha value is -1.64. The van der Waals surface area contributed by atoms with Crippen molar-refractivity contribution in [1.82, 2.24) is 0 Å². The van der Waals surface area contributed by atoms with Crippen molar-refractivity contribution >= 4 is 0 Å². The molecular formula is C27H34O2. The van der Waals surface area contributed by atoms with E-state index in [0.717, 1.165) is 36.5 Å². The Balaban J connectivity index is 1.28. The molecule has 2 aromatic carbocycles. The zero-order valence-corrected chi connectivity index (χ0v) is 17.6. The third kappa shape index (κ3) is 3.45. The number of benzene rings is 2. The van der Waals surface area contributed by atoms with Crippen LogP contribution < -0.4 is 0 Å². The highest BCUT2D eigenvalue weighted by Crippen LogP contribution is 2.62. The van der Waals surface area contributed by atoms with Gasteiger partial charge in [-0.25, -0.2) is 0 Å². The molecule has 2 heteroatoms. The van der Waals surface area contributed by atoms with Crippen LogP contribution in [0.15, 0.2) is 48.5 Å². The average molecular weight is 391 g/mol. The highest BCUT2D eigenvalue weighted by atomic mass is 16.5. The van der Waals surface area contributed by atoms with Crippen molar-refractivity contribution in [2.45, 2.75) is 64.6 Å². The molecule has 3 aliphatic rings. The van der Waals surface area contributed by atoms with Gasteiger partial charge in [-0.3, -0.25) is 0 Å². The lowest BCUT2D eigenvalue weighted by Crippen LogP contribution is -2.43. The Morgan fingerprint density at radius 2 is 1.86 bits per heavy atom. The van der Waals surface area contributed by atoms with Crippen LogP contribution in [0.3, 0.4) is 0 Å². The molecule has 0 heterocycles. The Morgan fingerprint density at radius 1 is 1.00 bits per heavy atom. The van der Waals surface area contributed by atoms with E-state index in [1.165, 1.54) is 49.7 Å². The fourth-order valence-corrected chi connectivity index (χ4v) is 7.01. The normalized spacial score (nSPS) is 33.0. The molecule has 0 saturated heterocycles. The Bertz CT molecular complexity index is 845. The SMILES string of the molecule is CC12CCC3c4ccc(CO)cc4CCC3C1CCC2COCc1ccccc1. The molecule has 5 atom stereocenters. The van der Waals surface area contributed by atoms with Crippen molar-refractivity contribution < 1.29 is 9.84 Å². The van der Waals surface area contributed by atoms with E-state index in [1.54, 1.807) is 5.56 Å². The Kier molecular flexibility index (Phi) is 5.26. The van der Waals surface area contributed by atoms with Gasteiger partial charge in [0.1, 0.15) is 0 Å². The van der Waals surface area contributed by atoms with Gasteiger partial charge in [0.25, 0.3) is 0 Å². The van der Waals surface area contributed by atoms with Crippen molar-refractivity contribution in [1.29, 1.82) is 0 Å². The van der Waals surface area contributed by atoms with Gasteiger partial charge >= 0.3 is 0 Å². The fourth-order valence-electron chi connectivity index (χ4n) is 7.01. The number of rotatable bonds is 5. The monoisotopic (exact) mass is 390 g/mol. The van der Waals surface area contributed by atoms with Crippen molar-refractivity contribution in [3.8, 4) is 0 Å². The van der Waals surface area contributed by atoms with Crippen LogP contribution in [0.2, 0.25) is 0 Å². The molecular weight excluding hydrogens is 356 g/mol.